The summed E-state index contributed by atoms with van der Waals surface area (Å²) in [6.07, 6.45) is 4.54. The van der Waals surface area contributed by atoms with Crippen LogP contribution in [0.2, 0.25) is 0 Å². The molecule has 2 aliphatic rings. The van der Waals surface area contributed by atoms with Crippen molar-refractivity contribution < 1.29 is 9.59 Å². The highest BCUT2D eigenvalue weighted by molar-refractivity contribution is 6.04. The molecule has 4 nitrogen and oxygen atoms in total. The van der Waals surface area contributed by atoms with Gasteiger partial charge in [0.25, 0.3) is 0 Å². The van der Waals surface area contributed by atoms with Gasteiger partial charge in [-0.15, -0.1) is 0 Å². The van der Waals surface area contributed by atoms with E-state index in [1.165, 1.54) is 4.90 Å². The largest absolute Gasteiger partial charge is 0.274 e. The summed E-state index contributed by atoms with van der Waals surface area (Å²) in [5.74, 6) is 0.0591. The molecule has 18 heavy (non-hydrogen) atoms. The second-order valence-corrected chi connectivity index (χ2v) is 5.67. The molecule has 0 aromatic heterocycles. The molecule has 0 N–H and O–H groups in total. The molecule has 1 saturated carbocycles. The molecule has 0 radical (unpaired) electrons. The average Bonchev–Trinajstić information content (AvgIpc) is 2.64. The van der Waals surface area contributed by atoms with Crippen LogP contribution in [0.4, 0.5) is 0 Å². The van der Waals surface area contributed by atoms with Crippen molar-refractivity contribution in [3.63, 3.8) is 0 Å². The average molecular weight is 248 g/mol. The number of rotatable bonds is 2. The van der Waals surface area contributed by atoms with Crippen LogP contribution >= 0.6 is 0 Å². The van der Waals surface area contributed by atoms with Crippen LogP contribution in [0.1, 0.15) is 52.4 Å². The Morgan fingerprint density at radius 3 is 2.39 bits per heavy atom. The summed E-state index contributed by atoms with van der Waals surface area (Å²) in [5, 5.41) is 9.49. The molecular weight excluding hydrogens is 228 g/mol. The van der Waals surface area contributed by atoms with Crippen molar-refractivity contribution >= 4 is 11.8 Å². The molecule has 0 bridgehead atoms. The first kappa shape index (κ1) is 13.1. The van der Waals surface area contributed by atoms with Gasteiger partial charge in [-0.1, -0.05) is 20.3 Å². The second-order valence-electron chi connectivity index (χ2n) is 5.67. The number of hydrogen-bond acceptors (Lipinski definition) is 3. The predicted octanol–water partition coefficient (Wildman–Crippen LogP) is 2.24. The van der Waals surface area contributed by atoms with Crippen molar-refractivity contribution in [3.8, 4) is 6.07 Å². The minimum atomic E-state index is -0.857. The molecule has 98 valence electrons. The first-order chi connectivity index (χ1) is 8.54. The topological polar surface area (TPSA) is 61.2 Å². The lowest BCUT2D eigenvalue weighted by molar-refractivity contribution is -0.145. The maximum Gasteiger partial charge on any atom is 0.233 e. The van der Waals surface area contributed by atoms with E-state index in [-0.39, 0.29) is 24.2 Å². The van der Waals surface area contributed by atoms with Crippen molar-refractivity contribution in [3.05, 3.63) is 0 Å². The zero-order valence-electron chi connectivity index (χ0n) is 11.1. The number of nitrogens with zero attached hydrogens (tertiary/aromatic N) is 2. The lowest BCUT2D eigenvalue weighted by Gasteiger charge is -2.40. The van der Waals surface area contributed by atoms with Gasteiger partial charge in [0.05, 0.1) is 6.07 Å². The van der Waals surface area contributed by atoms with Gasteiger partial charge >= 0.3 is 0 Å². The first-order valence-electron chi connectivity index (χ1n) is 6.82. The molecule has 1 unspecified atom stereocenters. The fraction of sp³-hybridized carbons (Fsp3) is 0.786. The Hall–Kier alpha value is -1.37. The lowest BCUT2D eigenvalue weighted by Crippen LogP contribution is -2.53. The lowest BCUT2D eigenvalue weighted by atomic mass is 9.75. The van der Waals surface area contributed by atoms with Gasteiger partial charge in [-0.3, -0.25) is 14.5 Å². The Kier molecular flexibility index (Phi) is 3.43. The highest BCUT2D eigenvalue weighted by Crippen LogP contribution is 2.40. The van der Waals surface area contributed by atoms with E-state index < -0.39 is 5.54 Å². The number of likely N-dealkylation sites (tertiary alicyclic amines) is 1. The normalized spacial score (nSPS) is 36.8. The Balaban J connectivity index is 2.22. The number of carbonyl (C=O) groups excluding carboxylic acids is 2. The molecule has 1 aliphatic carbocycles. The Morgan fingerprint density at radius 1 is 1.39 bits per heavy atom. The van der Waals surface area contributed by atoms with Crippen molar-refractivity contribution in [2.75, 3.05) is 0 Å². The maximum atomic E-state index is 12.1. The van der Waals surface area contributed by atoms with E-state index in [4.69, 9.17) is 0 Å². The minimum Gasteiger partial charge on any atom is -0.274 e. The molecule has 1 atom stereocenters. The van der Waals surface area contributed by atoms with Gasteiger partial charge in [0.15, 0.2) is 0 Å². The SMILES string of the molecule is CCC1CCC(C#N)(N2C(=O)CC(C)C2=O)CC1. The van der Waals surface area contributed by atoms with Gasteiger partial charge < -0.3 is 0 Å². The zero-order valence-corrected chi connectivity index (χ0v) is 11.1. The molecule has 0 aromatic rings. The fourth-order valence-corrected chi connectivity index (χ4v) is 3.18. The van der Waals surface area contributed by atoms with Crippen molar-refractivity contribution in [1.82, 2.24) is 4.90 Å². The molecular formula is C14H20N2O2. The summed E-state index contributed by atoms with van der Waals surface area (Å²) in [6.45, 7) is 3.92. The summed E-state index contributed by atoms with van der Waals surface area (Å²) in [4.78, 5) is 25.3. The number of nitriles is 1. The highest BCUT2D eigenvalue weighted by atomic mass is 16.2. The monoisotopic (exact) mass is 248 g/mol. The van der Waals surface area contributed by atoms with E-state index in [0.29, 0.717) is 18.8 Å². The Labute approximate surface area is 108 Å². The first-order valence-corrected chi connectivity index (χ1v) is 6.82. The third-order valence-corrected chi connectivity index (χ3v) is 4.52. The van der Waals surface area contributed by atoms with E-state index in [2.05, 4.69) is 13.0 Å². The van der Waals surface area contributed by atoms with Crippen molar-refractivity contribution in [2.24, 2.45) is 11.8 Å². The van der Waals surface area contributed by atoms with Crippen LogP contribution < -0.4 is 0 Å². The standard InChI is InChI=1S/C14H20N2O2/c1-3-11-4-6-14(9-15,7-5-11)16-12(17)8-10(2)13(16)18/h10-11H,3-8H2,1-2H3. The molecule has 0 spiro atoms. The van der Waals surface area contributed by atoms with E-state index in [1.807, 2.05) is 0 Å². The van der Waals surface area contributed by atoms with Gasteiger partial charge in [0.1, 0.15) is 5.54 Å². The maximum absolute atomic E-state index is 12.1. The van der Waals surface area contributed by atoms with Crippen molar-refractivity contribution in [1.29, 1.82) is 5.26 Å². The highest BCUT2D eigenvalue weighted by Gasteiger charge is 2.50. The molecule has 2 fully saturated rings. The van der Waals surface area contributed by atoms with Crippen LogP contribution in [0.15, 0.2) is 0 Å². The predicted molar refractivity (Wildman–Crippen MR) is 66.2 cm³/mol. The number of amides is 2. The van der Waals surface area contributed by atoms with Gasteiger partial charge in [-0.2, -0.15) is 5.26 Å². The van der Waals surface area contributed by atoms with Crippen LogP contribution in [0.3, 0.4) is 0 Å². The second kappa shape index (κ2) is 4.72. The molecule has 4 heteroatoms. The quantitative estimate of drug-likeness (QED) is 0.704. The van der Waals surface area contributed by atoms with Crippen LogP contribution in [0, 0.1) is 23.2 Å². The van der Waals surface area contributed by atoms with Gasteiger partial charge in [0.2, 0.25) is 11.8 Å². The Bertz CT molecular complexity index is 403. The molecule has 1 heterocycles. The van der Waals surface area contributed by atoms with Crippen LogP contribution in [0.25, 0.3) is 0 Å². The summed E-state index contributed by atoms with van der Waals surface area (Å²) < 4.78 is 0. The fourth-order valence-electron chi connectivity index (χ4n) is 3.18. The number of hydrogen-bond donors (Lipinski definition) is 0. The minimum absolute atomic E-state index is 0.156. The smallest absolute Gasteiger partial charge is 0.233 e. The summed E-state index contributed by atoms with van der Waals surface area (Å²) in [5.41, 5.74) is -0.857. The summed E-state index contributed by atoms with van der Waals surface area (Å²) >= 11 is 0. The van der Waals surface area contributed by atoms with Crippen LogP contribution in [-0.2, 0) is 9.59 Å². The van der Waals surface area contributed by atoms with Crippen molar-refractivity contribution in [2.45, 2.75) is 57.9 Å². The molecule has 2 amide bonds. The third kappa shape index (κ3) is 1.92. The summed E-state index contributed by atoms with van der Waals surface area (Å²) in [6, 6.07) is 2.27. The van der Waals surface area contributed by atoms with Gasteiger partial charge in [-0.05, 0) is 31.6 Å². The number of carbonyl (C=O) groups is 2. The van der Waals surface area contributed by atoms with Crippen LogP contribution in [0.5, 0.6) is 0 Å². The molecule has 1 aliphatic heterocycles. The third-order valence-electron chi connectivity index (χ3n) is 4.52. The Morgan fingerprint density at radius 2 is 2.00 bits per heavy atom. The molecule has 2 rings (SSSR count). The molecule has 0 aromatic carbocycles. The van der Waals surface area contributed by atoms with E-state index >= 15 is 0 Å². The van der Waals surface area contributed by atoms with Gasteiger partial charge in [-0.25, -0.2) is 0 Å². The summed E-state index contributed by atoms with van der Waals surface area (Å²) in [7, 11) is 0. The van der Waals surface area contributed by atoms with Crippen LogP contribution in [-0.4, -0.2) is 22.3 Å². The van der Waals surface area contributed by atoms with Gasteiger partial charge in [0, 0.05) is 12.3 Å². The molecule has 1 saturated heterocycles. The van der Waals surface area contributed by atoms with E-state index in [9.17, 15) is 14.9 Å². The van der Waals surface area contributed by atoms with E-state index in [0.717, 1.165) is 19.3 Å². The van der Waals surface area contributed by atoms with E-state index in [1.54, 1.807) is 6.92 Å². The zero-order chi connectivity index (χ0) is 13.3. The number of imide groups is 1.